The zero-order valence-electron chi connectivity index (χ0n) is 37.7. The summed E-state index contributed by atoms with van der Waals surface area (Å²) in [6, 6.07) is 91.6. The van der Waals surface area contributed by atoms with Gasteiger partial charge in [-0.1, -0.05) is 170 Å². The van der Waals surface area contributed by atoms with Gasteiger partial charge in [0, 0.05) is 41.3 Å². The van der Waals surface area contributed by atoms with E-state index in [1.54, 1.807) is 0 Å². The van der Waals surface area contributed by atoms with Crippen molar-refractivity contribution >= 4 is 80.8 Å². The Morgan fingerprint density at radius 2 is 0.768 bits per heavy atom. The Bertz CT molecular complexity index is 3920. The van der Waals surface area contributed by atoms with Crippen molar-refractivity contribution in [1.29, 1.82) is 10.5 Å². The molecule has 0 spiro atoms. The first-order valence-electron chi connectivity index (χ1n) is 23.0. The van der Waals surface area contributed by atoms with Gasteiger partial charge in [0.15, 0.2) is 8.07 Å². The molecule has 12 aromatic rings. The standard InChI is InChI=1S/C49H33N3Si.C14H9N.B/c50-34-35-24-30-48-44(32-35)42-20-10-12-22-46(42)52(48)37-25-27-40(28-26-37)53(38-16-6-2-7-17-38,39-18-8-3-9-19-39)41-29-31-49-45(33-41)43-21-11-13-23-47(43)51(49)36-14-4-1-5-15-36;15-9-10-5-6-12-8-11-3-1-2-4-13(11)14(12)7-10;/h1-33H;1-7H,8H2;. The molecule has 1 aliphatic rings. The van der Waals surface area contributed by atoms with E-state index in [-0.39, 0.29) is 8.41 Å². The van der Waals surface area contributed by atoms with Crippen molar-refractivity contribution < 1.29 is 0 Å². The molecule has 0 amide bonds. The van der Waals surface area contributed by atoms with Crippen LogP contribution in [0.15, 0.2) is 243 Å². The number of para-hydroxylation sites is 3. The van der Waals surface area contributed by atoms with Crippen LogP contribution >= 0.6 is 0 Å². The van der Waals surface area contributed by atoms with Gasteiger partial charge < -0.3 is 9.13 Å². The first-order valence-corrected chi connectivity index (χ1v) is 25.0. The van der Waals surface area contributed by atoms with E-state index in [2.05, 4.69) is 234 Å². The number of fused-ring (bicyclic) bond motifs is 9. The Hall–Kier alpha value is -8.94. The fourth-order valence-electron chi connectivity index (χ4n) is 10.8. The van der Waals surface area contributed by atoms with Crippen LogP contribution in [0, 0.1) is 22.7 Å². The van der Waals surface area contributed by atoms with Crippen molar-refractivity contribution in [2.45, 2.75) is 6.42 Å². The minimum atomic E-state index is -2.86. The molecule has 2 aromatic heterocycles. The molecule has 0 aliphatic heterocycles. The number of hydrogen-bond donors (Lipinski definition) is 0. The van der Waals surface area contributed by atoms with Gasteiger partial charge in [-0.3, -0.25) is 0 Å². The summed E-state index contributed by atoms with van der Waals surface area (Å²) in [6.07, 6.45) is 0.997. The summed E-state index contributed by atoms with van der Waals surface area (Å²) < 4.78 is 4.72. The van der Waals surface area contributed by atoms with E-state index < -0.39 is 8.07 Å². The molecule has 0 unspecified atom stereocenters. The van der Waals surface area contributed by atoms with Gasteiger partial charge in [0.25, 0.3) is 0 Å². The Morgan fingerprint density at radius 1 is 0.333 bits per heavy atom. The number of nitrogens with zero attached hydrogens (tertiary/aromatic N) is 4. The number of benzene rings is 10. The van der Waals surface area contributed by atoms with E-state index in [4.69, 9.17) is 5.26 Å². The molecule has 3 radical (unpaired) electrons. The second-order valence-electron chi connectivity index (χ2n) is 17.5. The van der Waals surface area contributed by atoms with Gasteiger partial charge in [0.2, 0.25) is 0 Å². The zero-order chi connectivity index (χ0) is 45.6. The highest BCUT2D eigenvalue weighted by Gasteiger charge is 2.42. The van der Waals surface area contributed by atoms with Gasteiger partial charge in [0.05, 0.1) is 45.3 Å². The smallest absolute Gasteiger partial charge is 0.179 e. The van der Waals surface area contributed by atoms with Crippen molar-refractivity contribution in [3.05, 3.63) is 265 Å². The van der Waals surface area contributed by atoms with Gasteiger partial charge in [-0.15, -0.1) is 0 Å². The first kappa shape index (κ1) is 42.7. The Labute approximate surface area is 404 Å². The van der Waals surface area contributed by atoms with Crippen LogP contribution in [0.4, 0.5) is 0 Å². The third-order valence-electron chi connectivity index (χ3n) is 13.8. The summed E-state index contributed by atoms with van der Waals surface area (Å²) in [4.78, 5) is 0. The van der Waals surface area contributed by atoms with Crippen LogP contribution in [0.25, 0.3) is 66.1 Å². The maximum Gasteiger partial charge on any atom is 0.179 e. The molecule has 0 saturated heterocycles. The number of hydrogen-bond acceptors (Lipinski definition) is 2. The van der Waals surface area contributed by atoms with Gasteiger partial charge in [0.1, 0.15) is 0 Å². The monoisotopic (exact) mass is 893 g/mol. The van der Waals surface area contributed by atoms with Gasteiger partial charge >= 0.3 is 0 Å². The second-order valence-corrected chi connectivity index (χ2v) is 21.3. The average Bonchev–Trinajstić information content (AvgIpc) is 4.07. The first-order chi connectivity index (χ1) is 33.6. The van der Waals surface area contributed by atoms with Crippen LogP contribution in [0.2, 0.25) is 0 Å². The number of rotatable bonds is 6. The van der Waals surface area contributed by atoms with Crippen LogP contribution in [-0.4, -0.2) is 25.6 Å². The van der Waals surface area contributed by atoms with Gasteiger partial charge in [-0.25, -0.2) is 0 Å². The maximum atomic E-state index is 9.69. The fraction of sp³-hybridized carbons (Fsp3) is 0.0159. The van der Waals surface area contributed by atoms with E-state index in [0.29, 0.717) is 5.56 Å². The largest absolute Gasteiger partial charge is 0.309 e. The molecule has 10 aromatic carbocycles. The summed E-state index contributed by atoms with van der Waals surface area (Å²) in [6.45, 7) is 0. The highest BCUT2D eigenvalue weighted by molar-refractivity contribution is 7.20. The van der Waals surface area contributed by atoms with E-state index in [0.717, 1.165) is 45.2 Å². The van der Waals surface area contributed by atoms with Crippen LogP contribution < -0.4 is 20.7 Å². The molecular formula is C63H42BN4Si. The number of aromatic nitrogens is 2. The van der Waals surface area contributed by atoms with Crippen LogP contribution in [0.1, 0.15) is 22.3 Å². The molecule has 0 saturated carbocycles. The molecule has 13 rings (SSSR count). The maximum absolute atomic E-state index is 9.69. The van der Waals surface area contributed by atoms with Gasteiger partial charge in [-0.2, -0.15) is 10.5 Å². The van der Waals surface area contributed by atoms with Crippen molar-refractivity contribution in [3.63, 3.8) is 0 Å². The summed E-state index contributed by atoms with van der Waals surface area (Å²) in [5, 5.41) is 28.6. The predicted molar refractivity (Wildman–Crippen MR) is 289 cm³/mol. The van der Waals surface area contributed by atoms with E-state index >= 15 is 0 Å². The molecule has 0 fully saturated rings. The normalized spacial score (nSPS) is 11.6. The van der Waals surface area contributed by atoms with E-state index in [1.165, 1.54) is 64.8 Å². The van der Waals surface area contributed by atoms with Crippen molar-refractivity contribution in [3.8, 4) is 34.6 Å². The Balaban J connectivity index is 0.000000276. The van der Waals surface area contributed by atoms with Crippen LogP contribution in [-0.2, 0) is 6.42 Å². The molecule has 1 aliphatic carbocycles. The molecule has 2 heterocycles. The molecular weight excluding hydrogens is 852 g/mol. The molecule has 0 bridgehead atoms. The lowest BCUT2D eigenvalue weighted by Gasteiger charge is -2.34. The third-order valence-corrected chi connectivity index (χ3v) is 18.6. The summed E-state index contributed by atoms with van der Waals surface area (Å²) in [5.41, 5.74) is 13.5. The summed E-state index contributed by atoms with van der Waals surface area (Å²) >= 11 is 0. The summed E-state index contributed by atoms with van der Waals surface area (Å²) in [7, 11) is -2.86. The SMILES string of the molecule is N#Cc1ccc2c(c1)-c1ccccc1C2.N#Cc1ccc2c(c1)c1ccccc1n2-c1ccc([Si](c2ccccc2)(c2ccccc2)c2ccc3c(c2)c2ccccc2n3-c2ccccc2)cc1.[B]. The average molecular weight is 894 g/mol. The highest BCUT2D eigenvalue weighted by atomic mass is 28.3. The minimum absolute atomic E-state index is 0. The van der Waals surface area contributed by atoms with E-state index in [1.807, 2.05) is 30.3 Å². The summed E-state index contributed by atoms with van der Waals surface area (Å²) in [5.74, 6) is 0. The van der Waals surface area contributed by atoms with Crippen molar-refractivity contribution in [1.82, 2.24) is 9.13 Å². The molecule has 69 heavy (non-hydrogen) atoms. The lowest BCUT2D eigenvalue weighted by molar-refractivity contribution is 1.18. The van der Waals surface area contributed by atoms with Crippen LogP contribution in [0.5, 0.6) is 0 Å². The Kier molecular flexibility index (Phi) is 10.9. The topological polar surface area (TPSA) is 57.4 Å². The van der Waals surface area contributed by atoms with Crippen molar-refractivity contribution in [2.75, 3.05) is 0 Å². The molecule has 0 atom stereocenters. The lowest BCUT2D eigenvalue weighted by Crippen LogP contribution is -2.74. The quantitative estimate of drug-likeness (QED) is 0.123. The van der Waals surface area contributed by atoms with Crippen LogP contribution in [0.3, 0.4) is 0 Å². The van der Waals surface area contributed by atoms with Crippen molar-refractivity contribution in [2.24, 2.45) is 0 Å². The molecule has 321 valence electrons. The minimum Gasteiger partial charge on any atom is -0.309 e. The van der Waals surface area contributed by atoms with E-state index in [9.17, 15) is 5.26 Å². The zero-order valence-corrected chi connectivity index (χ0v) is 38.7. The number of nitriles is 2. The lowest BCUT2D eigenvalue weighted by atomic mass is 10.0. The third kappa shape index (κ3) is 7.06. The molecule has 0 N–H and O–H groups in total. The Morgan fingerprint density at radius 3 is 1.39 bits per heavy atom. The molecule has 4 nitrogen and oxygen atoms in total. The fourth-order valence-corrected chi connectivity index (χ4v) is 15.6. The molecule has 6 heteroatoms. The van der Waals surface area contributed by atoms with Gasteiger partial charge in [-0.05, 0) is 122 Å². The predicted octanol–water partition coefficient (Wildman–Crippen LogP) is 11.9. The second kappa shape index (κ2) is 17.7. The highest BCUT2D eigenvalue weighted by Crippen LogP contribution is 2.37.